The zero-order chi connectivity index (χ0) is 13.2. The van der Waals surface area contributed by atoms with Crippen LogP contribution in [0.15, 0.2) is 24.3 Å². The zero-order valence-electron chi connectivity index (χ0n) is 11.3. The fourth-order valence-electron chi connectivity index (χ4n) is 2.92. The second-order valence-electron chi connectivity index (χ2n) is 5.28. The third kappa shape index (κ3) is 2.38. The van der Waals surface area contributed by atoms with E-state index in [9.17, 15) is 4.79 Å². The van der Waals surface area contributed by atoms with Crippen molar-refractivity contribution < 1.29 is 9.53 Å². The molecule has 19 heavy (non-hydrogen) atoms. The number of nitrogens with one attached hydrogen (secondary N) is 1. The van der Waals surface area contributed by atoms with Gasteiger partial charge in [0, 0.05) is 25.7 Å². The lowest BCUT2D eigenvalue weighted by Gasteiger charge is -2.37. The van der Waals surface area contributed by atoms with Gasteiger partial charge < -0.3 is 15.0 Å². The molecule has 0 bridgehead atoms. The Morgan fingerprint density at radius 1 is 1.42 bits per heavy atom. The van der Waals surface area contributed by atoms with Crippen molar-refractivity contribution in [3.05, 3.63) is 35.4 Å². The number of piperazine rings is 1. The summed E-state index contributed by atoms with van der Waals surface area (Å²) in [7, 11) is 0. The van der Waals surface area contributed by atoms with Crippen LogP contribution in [0.2, 0.25) is 0 Å². The van der Waals surface area contributed by atoms with Crippen LogP contribution in [0.3, 0.4) is 0 Å². The molecule has 0 aromatic heterocycles. The van der Waals surface area contributed by atoms with E-state index < -0.39 is 6.10 Å². The molecular formula is C15H20N2O2. The molecule has 0 saturated carbocycles. The highest BCUT2D eigenvalue weighted by atomic mass is 16.5. The van der Waals surface area contributed by atoms with Gasteiger partial charge in [-0.3, -0.25) is 4.79 Å². The fourth-order valence-corrected chi connectivity index (χ4v) is 2.92. The number of carbonyl (C=O) groups excluding carboxylic acids is 1. The Hall–Kier alpha value is -1.39. The van der Waals surface area contributed by atoms with Crippen molar-refractivity contribution in [1.29, 1.82) is 0 Å². The first-order valence-electron chi connectivity index (χ1n) is 6.98. The van der Waals surface area contributed by atoms with E-state index in [1.54, 1.807) is 0 Å². The molecule has 2 atom stereocenters. The van der Waals surface area contributed by atoms with E-state index in [0.29, 0.717) is 6.61 Å². The van der Waals surface area contributed by atoms with E-state index in [-0.39, 0.29) is 11.9 Å². The summed E-state index contributed by atoms with van der Waals surface area (Å²) in [5.41, 5.74) is 2.29. The number of hydrogen-bond donors (Lipinski definition) is 1. The van der Waals surface area contributed by atoms with Gasteiger partial charge in [0.15, 0.2) is 6.10 Å². The Labute approximate surface area is 113 Å². The van der Waals surface area contributed by atoms with Gasteiger partial charge in [-0.05, 0) is 24.5 Å². The summed E-state index contributed by atoms with van der Waals surface area (Å²) in [4.78, 5) is 14.6. The predicted molar refractivity (Wildman–Crippen MR) is 72.9 cm³/mol. The average molecular weight is 260 g/mol. The molecule has 3 rings (SSSR count). The van der Waals surface area contributed by atoms with Gasteiger partial charge in [-0.2, -0.15) is 0 Å². The number of hydrogen-bond acceptors (Lipinski definition) is 3. The highest BCUT2D eigenvalue weighted by Gasteiger charge is 2.33. The molecule has 0 unspecified atom stereocenters. The number of fused-ring (bicyclic) bond motifs is 1. The molecule has 1 amide bonds. The molecule has 0 radical (unpaired) electrons. The van der Waals surface area contributed by atoms with Gasteiger partial charge in [0.05, 0.1) is 6.61 Å². The lowest BCUT2D eigenvalue weighted by Crippen LogP contribution is -2.54. The molecule has 1 fully saturated rings. The third-order valence-electron chi connectivity index (χ3n) is 4.00. The van der Waals surface area contributed by atoms with E-state index in [4.69, 9.17) is 4.74 Å². The summed E-state index contributed by atoms with van der Waals surface area (Å²) in [6.45, 7) is 5.21. The minimum atomic E-state index is -0.412. The van der Waals surface area contributed by atoms with E-state index in [1.165, 1.54) is 5.56 Å². The van der Waals surface area contributed by atoms with Crippen molar-refractivity contribution >= 4 is 5.91 Å². The van der Waals surface area contributed by atoms with Crippen molar-refractivity contribution in [2.45, 2.75) is 25.5 Å². The lowest BCUT2D eigenvalue weighted by atomic mass is 9.96. The van der Waals surface area contributed by atoms with Crippen molar-refractivity contribution in [2.24, 2.45) is 0 Å². The van der Waals surface area contributed by atoms with Gasteiger partial charge in [0.2, 0.25) is 0 Å². The molecule has 2 aliphatic rings. The van der Waals surface area contributed by atoms with Crippen LogP contribution in [0.1, 0.15) is 24.2 Å². The first-order chi connectivity index (χ1) is 9.27. The van der Waals surface area contributed by atoms with Crippen molar-refractivity contribution in [2.75, 3.05) is 26.2 Å². The number of ether oxygens (including phenoxy) is 1. The summed E-state index contributed by atoms with van der Waals surface area (Å²) < 4.78 is 5.76. The van der Waals surface area contributed by atoms with E-state index in [0.717, 1.165) is 31.6 Å². The second-order valence-corrected chi connectivity index (χ2v) is 5.28. The molecule has 0 aliphatic carbocycles. The number of amides is 1. The first-order valence-corrected chi connectivity index (χ1v) is 6.98. The zero-order valence-corrected chi connectivity index (χ0v) is 11.3. The highest BCUT2D eigenvalue weighted by Crippen LogP contribution is 2.29. The number of nitrogens with zero attached hydrogens (tertiary/aromatic N) is 1. The molecular weight excluding hydrogens is 240 g/mol. The molecule has 4 nitrogen and oxygen atoms in total. The molecule has 1 N–H and O–H groups in total. The first kappa shape index (κ1) is 12.6. The minimum Gasteiger partial charge on any atom is -0.363 e. The quantitative estimate of drug-likeness (QED) is 0.823. The molecule has 0 spiro atoms. The molecule has 1 aromatic rings. The Morgan fingerprint density at radius 3 is 3.11 bits per heavy atom. The fraction of sp³-hybridized carbons (Fsp3) is 0.533. The standard InChI is InChI=1S/C15H20N2O2/c1-11-10-16-7-8-17(11)15(18)14-13-5-3-2-4-12(13)6-9-19-14/h2-5,11,14,16H,6-10H2,1H3/t11-,14+/m1/s1. The summed E-state index contributed by atoms with van der Waals surface area (Å²) in [5.74, 6) is 0.112. The highest BCUT2D eigenvalue weighted by molar-refractivity contribution is 5.83. The summed E-state index contributed by atoms with van der Waals surface area (Å²) in [6, 6.07) is 8.36. The average Bonchev–Trinajstić information content (AvgIpc) is 2.46. The molecule has 2 aliphatic heterocycles. The molecule has 4 heteroatoms. The van der Waals surface area contributed by atoms with Gasteiger partial charge in [0.25, 0.3) is 5.91 Å². The number of carbonyl (C=O) groups is 1. The lowest BCUT2D eigenvalue weighted by molar-refractivity contribution is -0.148. The number of benzene rings is 1. The van der Waals surface area contributed by atoms with Crippen LogP contribution in [-0.4, -0.2) is 43.1 Å². The summed E-state index contributed by atoms with van der Waals surface area (Å²) in [5, 5.41) is 3.31. The van der Waals surface area contributed by atoms with Gasteiger partial charge in [0.1, 0.15) is 0 Å². The van der Waals surface area contributed by atoms with Crippen LogP contribution >= 0.6 is 0 Å². The van der Waals surface area contributed by atoms with Crippen LogP contribution in [-0.2, 0) is 16.0 Å². The Bertz CT molecular complexity index is 475. The molecule has 1 saturated heterocycles. The maximum absolute atomic E-state index is 12.7. The van der Waals surface area contributed by atoms with Gasteiger partial charge in [-0.25, -0.2) is 0 Å². The smallest absolute Gasteiger partial charge is 0.256 e. The monoisotopic (exact) mass is 260 g/mol. The molecule has 1 aromatic carbocycles. The van der Waals surface area contributed by atoms with Crippen LogP contribution in [0.4, 0.5) is 0 Å². The van der Waals surface area contributed by atoms with Crippen molar-refractivity contribution in [3.63, 3.8) is 0 Å². The normalized spacial score (nSPS) is 26.9. The molecule has 102 valence electrons. The Morgan fingerprint density at radius 2 is 2.26 bits per heavy atom. The molecule has 2 heterocycles. The minimum absolute atomic E-state index is 0.112. The Kier molecular flexibility index (Phi) is 3.53. The van der Waals surface area contributed by atoms with Crippen molar-refractivity contribution in [3.8, 4) is 0 Å². The third-order valence-corrected chi connectivity index (χ3v) is 4.00. The van der Waals surface area contributed by atoms with Gasteiger partial charge in [-0.1, -0.05) is 24.3 Å². The van der Waals surface area contributed by atoms with Gasteiger partial charge >= 0.3 is 0 Å². The van der Waals surface area contributed by atoms with Crippen molar-refractivity contribution in [1.82, 2.24) is 10.2 Å². The summed E-state index contributed by atoms with van der Waals surface area (Å²) >= 11 is 0. The van der Waals surface area contributed by atoms with Crippen LogP contribution < -0.4 is 5.32 Å². The maximum atomic E-state index is 12.7. The largest absolute Gasteiger partial charge is 0.363 e. The van der Waals surface area contributed by atoms with Gasteiger partial charge in [-0.15, -0.1) is 0 Å². The van der Waals surface area contributed by atoms with Crippen LogP contribution in [0.5, 0.6) is 0 Å². The topological polar surface area (TPSA) is 41.6 Å². The number of rotatable bonds is 1. The van der Waals surface area contributed by atoms with E-state index in [2.05, 4.69) is 18.3 Å². The van der Waals surface area contributed by atoms with E-state index >= 15 is 0 Å². The second kappa shape index (κ2) is 5.31. The SMILES string of the molecule is C[C@@H]1CNCCN1C(=O)[C@H]1OCCc2ccccc21. The summed E-state index contributed by atoms with van der Waals surface area (Å²) in [6.07, 6.45) is 0.488. The van der Waals surface area contributed by atoms with Crippen LogP contribution in [0.25, 0.3) is 0 Å². The maximum Gasteiger partial charge on any atom is 0.256 e. The van der Waals surface area contributed by atoms with E-state index in [1.807, 2.05) is 23.1 Å². The predicted octanol–water partition coefficient (Wildman–Crippen LogP) is 1.12. The Balaban J connectivity index is 1.84. The van der Waals surface area contributed by atoms with Crippen LogP contribution in [0, 0.1) is 0 Å².